The number of benzene rings is 1. The van der Waals surface area contributed by atoms with Crippen molar-refractivity contribution in [3.05, 3.63) is 29.8 Å². The molecule has 3 rings (SSSR count). The number of nitrogens with one attached hydrogen (secondary N) is 1. The van der Waals surface area contributed by atoms with Gasteiger partial charge in [0.1, 0.15) is 5.75 Å². The average Bonchev–Trinajstić information content (AvgIpc) is 3.10. The van der Waals surface area contributed by atoms with Gasteiger partial charge in [0.05, 0.1) is 19.1 Å². The molecule has 0 aromatic heterocycles. The number of nitrogens with zero attached hydrogens (tertiary/aromatic N) is 2. The maximum Gasteiger partial charge on any atom is 0.225 e. The molecule has 1 saturated carbocycles. The Morgan fingerprint density at radius 1 is 1.21 bits per heavy atom. The van der Waals surface area contributed by atoms with Gasteiger partial charge in [-0.2, -0.15) is 0 Å². The summed E-state index contributed by atoms with van der Waals surface area (Å²) in [6.07, 6.45) is 6.16. The molecule has 2 aliphatic rings. The van der Waals surface area contributed by atoms with Crippen LogP contribution in [0.3, 0.4) is 0 Å². The second-order valence-electron chi connectivity index (χ2n) is 8.24. The second kappa shape index (κ2) is 9.41. The summed E-state index contributed by atoms with van der Waals surface area (Å²) < 4.78 is 5.23. The largest absolute Gasteiger partial charge is 0.497 e. The maximum atomic E-state index is 12.7. The third-order valence-electron chi connectivity index (χ3n) is 6.14. The lowest BCUT2D eigenvalue weighted by atomic mass is 9.94. The molecule has 1 aliphatic heterocycles. The SMILES string of the molecule is COc1ccc(C(CNC(=O)C2CC(=O)N(C3CCCCC3)C2)N(C)C)cc1. The van der Waals surface area contributed by atoms with E-state index in [1.54, 1.807) is 7.11 Å². The molecule has 2 fully saturated rings. The van der Waals surface area contributed by atoms with Gasteiger partial charge in [0, 0.05) is 25.6 Å². The Labute approximate surface area is 168 Å². The van der Waals surface area contributed by atoms with E-state index in [9.17, 15) is 9.59 Å². The van der Waals surface area contributed by atoms with Crippen LogP contribution in [0.1, 0.15) is 50.1 Å². The minimum absolute atomic E-state index is 0.00739. The summed E-state index contributed by atoms with van der Waals surface area (Å²) in [6.45, 7) is 1.09. The van der Waals surface area contributed by atoms with Crippen LogP contribution in [0.2, 0.25) is 0 Å². The predicted octanol–water partition coefficient (Wildman–Crippen LogP) is 2.60. The Bertz CT molecular complexity index is 668. The fraction of sp³-hybridized carbons (Fsp3) is 0.636. The van der Waals surface area contributed by atoms with Gasteiger partial charge in [0.15, 0.2) is 0 Å². The molecule has 0 bridgehead atoms. The van der Waals surface area contributed by atoms with Crippen LogP contribution in [0.4, 0.5) is 0 Å². The molecule has 1 N–H and O–H groups in total. The molecule has 154 valence electrons. The molecule has 6 heteroatoms. The number of carbonyl (C=O) groups is 2. The summed E-state index contributed by atoms with van der Waals surface area (Å²) in [4.78, 5) is 29.3. The molecule has 6 nitrogen and oxygen atoms in total. The fourth-order valence-electron chi connectivity index (χ4n) is 4.42. The Morgan fingerprint density at radius 2 is 1.89 bits per heavy atom. The van der Waals surface area contributed by atoms with E-state index in [1.807, 2.05) is 43.3 Å². The third-order valence-corrected chi connectivity index (χ3v) is 6.14. The molecule has 28 heavy (non-hydrogen) atoms. The summed E-state index contributed by atoms with van der Waals surface area (Å²) in [5.74, 6) is 0.726. The molecule has 0 spiro atoms. The molecular formula is C22H33N3O3. The van der Waals surface area contributed by atoms with Crippen LogP contribution in [-0.2, 0) is 9.59 Å². The van der Waals surface area contributed by atoms with Crippen LogP contribution in [0.15, 0.2) is 24.3 Å². The number of hydrogen-bond donors (Lipinski definition) is 1. The van der Waals surface area contributed by atoms with Gasteiger partial charge < -0.3 is 19.9 Å². The topological polar surface area (TPSA) is 61.9 Å². The van der Waals surface area contributed by atoms with Gasteiger partial charge in [0.25, 0.3) is 0 Å². The number of likely N-dealkylation sites (N-methyl/N-ethyl adjacent to an activating group) is 1. The highest BCUT2D eigenvalue weighted by atomic mass is 16.5. The summed E-state index contributed by atoms with van der Waals surface area (Å²) in [7, 11) is 5.66. The minimum Gasteiger partial charge on any atom is -0.497 e. The Morgan fingerprint density at radius 3 is 2.50 bits per heavy atom. The van der Waals surface area contributed by atoms with Crippen molar-refractivity contribution in [3.63, 3.8) is 0 Å². The Hall–Kier alpha value is -2.08. The third kappa shape index (κ3) is 4.85. The van der Waals surface area contributed by atoms with Gasteiger partial charge in [-0.25, -0.2) is 0 Å². The highest BCUT2D eigenvalue weighted by Gasteiger charge is 2.38. The van der Waals surface area contributed by atoms with Crippen LogP contribution in [-0.4, -0.2) is 62.0 Å². The van der Waals surface area contributed by atoms with Crippen molar-refractivity contribution in [2.75, 3.05) is 34.3 Å². The van der Waals surface area contributed by atoms with Crippen molar-refractivity contribution in [2.24, 2.45) is 5.92 Å². The first kappa shape index (κ1) is 20.6. The van der Waals surface area contributed by atoms with E-state index in [2.05, 4.69) is 10.2 Å². The zero-order chi connectivity index (χ0) is 20.1. The number of hydrogen-bond acceptors (Lipinski definition) is 4. The molecule has 1 saturated heterocycles. The van der Waals surface area contributed by atoms with E-state index in [0.717, 1.165) is 24.2 Å². The quantitative estimate of drug-likeness (QED) is 0.781. The first-order chi connectivity index (χ1) is 13.5. The van der Waals surface area contributed by atoms with Crippen LogP contribution in [0.5, 0.6) is 5.75 Å². The molecule has 1 aromatic carbocycles. The van der Waals surface area contributed by atoms with Gasteiger partial charge in [0.2, 0.25) is 11.8 Å². The average molecular weight is 388 g/mol. The number of ether oxygens (including phenoxy) is 1. The molecule has 0 radical (unpaired) electrons. The number of carbonyl (C=O) groups excluding carboxylic acids is 2. The van der Waals surface area contributed by atoms with Gasteiger partial charge in [-0.3, -0.25) is 9.59 Å². The minimum atomic E-state index is -0.229. The summed E-state index contributed by atoms with van der Waals surface area (Å²) in [5.41, 5.74) is 1.12. The smallest absolute Gasteiger partial charge is 0.225 e. The van der Waals surface area contributed by atoms with Crippen LogP contribution in [0, 0.1) is 5.92 Å². The lowest BCUT2D eigenvalue weighted by molar-refractivity contribution is -0.130. The second-order valence-corrected chi connectivity index (χ2v) is 8.24. The van der Waals surface area contributed by atoms with Crippen molar-refractivity contribution in [3.8, 4) is 5.75 Å². The van der Waals surface area contributed by atoms with E-state index in [1.165, 1.54) is 19.3 Å². The molecule has 1 heterocycles. The van der Waals surface area contributed by atoms with Crippen molar-refractivity contribution in [1.82, 2.24) is 15.1 Å². The highest BCUT2D eigenvalue weighted by molar-refractivity contribution is 5.89. The van der Waals surface area contributed by atoms with E-state index in [4.69, 9.17) is 4.74 Å². The highest BCUT2D eigenvalue weighted by Crippen LogP contribution is 2.29. The molecule has 2 unspecified atom stereocenters. The lowest BCUT2D eigenvalue weighted by Crippen LogP contribution is -2.40. The first-order valence-corrected chi connectivity index (χ1v) is 10.4. The van der Waals surface area contributed by atoms with Crippen LogP contribution < -0.4 is 10.1 Å². The first-order valence-electron chi connectivity index (χ1n) is 10.4. The standard InChI is InChI=1S/C22H33N3O3/c1-24(2)20(16-9-11-19(28-3)12-10-16)14-23-22(27)17-13-21(26)25(15-17)18-7-5-4-6-8-18/h9-12,17-18,20H,4-8,13-15H2,1-3H3,(H,23,27). The van der Waals surface area contributed by atoms with Crippen molar-refractivity contribution >= 4 is 11.8 Å². The van der Waals surface area contributed by atoms with E-state index < -0.39 is 0 Å². The summed E-state index contributed by atoms with van der Waals surface area (Å²) in [5, 5.41) is 3.09. The van der Waals surface area contributed by atoms with Gasteiger partial charge in [-0.05, 0) is 44.6 Å². The fourth-order valence-corrected chi connectivity index (χ4v) is 4.42. The molecule has 2 amide bonds. The summed E-state index contributed by atoms with van der Waals surface area (Å²) in [6, 6.07) is 8.34. The van der Waals surface area contributed by atoms with Gasteiger partial charge in [-0.1, -0.05) is 31.4 Å². The zero-order valence-corrected chi connectivity index (χ0v) is 17.3. The van der Waals surface area contributed by atoms with Crippen molar-refractivity contribution < 1.29 is 14.3 Å². The van der Waals surface area contributed by atoms with Gasteiger partial charge in [-0.15, -0.1) is 0 Å². The zero-order valence-electron chi connectivity index (χ0n) is 17.3. The van der Waals surface area contributed by atoms with Crippen LogP contribution in [0.25, 0.3) is 0 Å². The number of likely N-dealkylation sites (tertiary alicyclic amines) is 1. The molecule has 1 aromatic rings. The van der Waals surface area contributed by atoms with Crippen molar-refractivity contribution in [1.29, 1.82) is 0 Å². The Balaban J connectivity index is 1.56. The number of amides is 2. The van der Waals surface area contributed by atoms with E-state index in [0.29, 0.717) is 25.6 Å². The summed E-state index contributed by atoms with van der Waals surface area (Å²) >= 11 is 0. The van der Waals surface area contributed by atoms with E-state index >= 15 is 0 Å². The van der Waals surface area contributed by atoms with Crippen molar-refractivity contribution in [2.45, 2.75) is 50.6 Å². The molecule has 2 atom stereocenters. The maximum absolute atomic E-state index is 12.7. The monoisotopic (exact) mass is 387 g/mol. The van der Waals surface area contributed by atoms with E-state index in [-0.39, 0.29) is 23.8 Å². The number of methoxy groups -OCH3 is 1. The number of rotatable bonds is 7. The Kier molecular flexibility index (Phi) is 6.94. The molecular weight excluding hydrogens is 354 g/mol. The molecule has 1 aliphatic carbocycles. The predicted molar refractivity (Wildman–Crippen MR) is 109 cm³/mol. The van der Waals surface area contributed by atoms with Gasteiger partial charge >= 0.3 is 0 Å². The lowest BCUT2D eigenvalue weighted by Gasteiger charge is -2.31. The van der Waals surface area contributed by atoms with Crippen LogP contribution >= 0.6 is 0 Å². The normalized spacial score (nSPS) is 21.8.